The molecule has 0 aliphatic heterocycles. The van der Waals surface area contributed by atoms with E-state index in [1.165, 1.54) is 18.2 Å². The molecule has 0 aliphatic carbocycles. The molecule has 0 saturated heterocycles. The van der Waals surface area contributed by atoms with E-state index in [1.807, 2.05) is 12.1 Å². The first-order valence-corrected chi connectivity index (χ1v) is 11.6. The van der Waals surface area contributed by atoms with E-state index in [4.69, 9.17) is 0 Å². The predicted molar refractivity (Wildman–Crippen MR) is 125 cm³/mol. The first-order chi connectivity index (χ1) is 15.4. The standard InChI is InChI=1S/C25H25FNO5P/c1-23(2,3)16-24(30,21-13-10-18-6-4-5-7-20(18)27-21)25(22(28)29,33(31)32)15-14-17-8-11-19(26)12-9-17/h4-13,30,33H,16H2,1-3H3,(H,28,29)(H,31,32). The summed E-state index contributed by atoms with van der Waals surface area (Å²) in [7, 11) is -4.02. The van der Waals surface area contributed by atoms with Crippen molar-refractivity contribution < 1.29 is 28.9 Å². The van der Waals surface area contributed by atoms with Crippen molar-refractivity contribution in [1.29, 1.82) is 0 Å². The summed E-state index contributed by atoms with van der Waals surface area (Å²) >= 11 is 0. The summed E-state index contributed by atoms with van der Waals surface area (Å²) in [4.78, 5) is 27.5. The molecule has 172 valence electrons. The van der Waals surface area contributed by atoms with Crippen LogP contribution in [0.5, 0.6) is 0 Å². The van der Waals surface area contributed by atoms with Crippen LogP contribution in [0.2, 0.25) is 0 Å². The Labute approximate surface area is 192 Å². The number of para-hydroxylation sites is 1. The van der Waals surface area contributed by atoms with Gasteiger partial charge in [-0.15, -0.1) is 0 Å². The van der Waals surface area contributed by atoms with Crippen LogP contribution in [0.25, 0.3) is 10.9 Å². The average molecular weight is 469 g/mol. The molecule has 33 heavy (non-hydrogen) atoms. The van der Waals surface area contributed by atoms with Crippen LogP contribution in [0, 0.1) is 23.1 Å². The van der Waals surface area contributed by atoms with E-state index in [2.05, 4.69) is 16.8 Å². The van der Waals surface area contributed by atoms with Crippen LogP contribution in [-0.2, 0) is 15.0 Å². The zero-order valence-electron chi connectivity index (χ0n) is 18.5. The second kappa shape index (κ2) is 9.07. The van der Waals surface area contributed by atoms with Crippen molar-refractivity contribution in [2.45, 2.75) is 37.9 Å². The van der Waals surface area contributed by atoms with Crippen molar-refractivity contribution in [2.24, 2.45) is 5.41 Å². The Bertz CT molecular complexity index is 1260. The number of fused-ring (bicyclic) bond motifs is 1. The van der Waals surface area contributed by atoms with Crippen LogP contribution >= 0.6 is 8.03 Å². The maximum atomic E-state index is 13.3. The zero-order valence-corrected chi connectivity index (χ0v) is 19.5. The Morgan fingerprint density at radius 2 is 1.70 bits per heavy atom. The van der Waals surface area contributed by atoms with Gasteiger partial charge >= 0.3 is 5.97 Å². The van der Waals surface area contributed by atoms with Crippen molar-refractivity contribution in [1.82, 2.24) is 4.98 Å². The van der Waals surface area contributed by atoms with Gasteiger partial charge in [-0.2, -0.15) is 0 Å². The molecule has 1 aromatic heterocycles. The second-order valence-electron chi connectivity index (χ2n) is 9.10. The fraction of sp³-hybridized carbons (Fsp3) is 0.280. The maximum absolute atomic E-state index is 13.3. The molecule has 0 fully saturated rings. The summed E-state index contributed by atoms with van der Waals surface area (Å²) in [5.41, 5.74) is -2.43. The lowest BCUT2D eigenvalue weighted by atomic mass is 9.72. The van der Waals surface area contributed by atoms with Gasteiger partial charge in [-0.05, 0) is 48.2 Å². The Morgan fingerprint density at radius 1 is 1.06 bits per heavy atom. The molecule has 6 nitrogen and oxygen atoms in total. The molecule has 3 unspecified atom stereocenters. The largest absolute Gasteiger partial charge is 0.480 e. The highest BCUT2D eigenvalue weighted by Crippen LogP contribution is 2.53. The number of hydrogen-bond acceptors (Lipinski definition) is 4. The van der Waals surface area contributed by atoms with Crippen LogP contribution in [-0.4, -0.2) is 31.2 Å². The summed E-state index contributed by atoms with van der Waals surface area (Å²) in [6.45, 7) is 5.31. The van der Waals surface area contributed by atoms with Gasteiger partial charge in [0.25, 0.3) is 0 Å². The molecular weight excluding hydrogens is 444 g/mol. The monoisotopic (exact) mass is 469 g/mol. The first kappa shape index (κ1) is 24.6. The predicted octanol–water partition coefficient (Wildman–Crippen LogP) is 4.34. The van der Waals surface area contributed by atoms with E-state index < -0.39 is 36.0 Å². The number of rotatable bonds is 5. The number of carboxylic acids is 1. The molecule has 3 rings (SSSR count). The number of aromatic nitrogens is 1. The number of nitrogens with zero attached hydrogens (tertiary/aromatic N) is 1. The van der Waals surface area contributed by atoms with Gasteiger partial charge in [0.15, 0.2) is 0 Å². The van der Waals surface area contributed by atoms with Crippen molar-refractivity contribution in [3.63, 3.8) is 0 Å². The van der Waals surface area contributed by atoms with Gasteiger partial charge in [0.05, 0.1) is 11.2 Å². The number of hydrogen-bond donors (Lipinski definition) is 3. The first-order valence-electron chi connectivity index (χ1n) is 10.2. The zero-order chi connectivity index (χ0) is 24.4. The van der Waals surface area contributed by atoms with Gasteiger partial charge in [0, 0.05) is 10.9 Å². The van der Waals surface area contributed by atoms with Crippen molar-refractivity contribution in [2.75, 3.05) is 0 Å². The summed E-state index contributed by atoms with van der Waals surface area (Å²) < 4.78 is 26.0. The number of carbonyl (C=O) groups is 1. The topological polar surface area (TPSA) is 108 Å². The lowest BCUT2D eigenvalue weighted by molar-refractivity contribution is -0.148. The molecule has 3 N–H and O–H groups in total. The van der Waals surface area contributed by atoms with Gasteiger partial charge in [0.2, 0.25) is 13.2 Å². The fourth-order valence-electron chi connectivity index (χ4n) is 3.83. The quantitative estimate of drug-likeness (QED) is 0.379. The SMILES string of the molecule is CC(C)(C)CC(O)(c1ccc2ccccc2n1)C(C#Cc1ccc(F)cc1)(C(=O)O)[PH](=O)O. The minimum Gasteiger partial charge on any atom is -0.480 e. The Kier molecular flexibility index (Phi) is 6.76. The van der Waals surface area contributed by atoms with Crippen LogP contribution in [0.3, 0.4) is 0 Å². The molecule has 2 aromatic carbocycles. The number of aliphatic carboxylic acids is 1. The highest BCUT2D eigenvalue weighted by molar-refractivity contribution is 7.42. The third kappa shape index (κ3) is 4.84. The van der Waals surface area contributed by atoms with Crippen molar-refractivity contribution >= 4 is 24.9 Å². The second-order valence-corrected chi connectivity index (χ2v) is 10.5. The van der Waals surface area contributed by atoms with Gasteiger partial charge in [0.1, 0.15) is 11.4 Å². The summed E-state index contributed by atoms with van der Waals surface area (Å²) in [6.07, 6.45) is -0.216. The summed E-state index contributed by atoms with van der Waals surface area (Å²) in [5, 5.41) is 20.2. The van der Waals surface area contributed by atoms with Crippen LogP contribution < -0.4 is 0 Å². The molecular formula is C25H25FNO5P. The lowest BCUT2D eigenvalue weighted by Crippen LogP contribution is -2.56. The highest BCUT2D eigenvalue weighted by atomic mass is 31.1. The maximum Gasteiger partial charge on any atom is 0.335 e. The third-order valence-corrected chi connectivity index (χ3v) is 6.70. The average Bonchev–Trinajstić information content (AvgIpc) is 2.73. The molecule has 0 radical (unpaired) electrons. The van der Waals surface area contributed by atoms with E-state index in [0.717, 1.165) is 17.5 Å². The number of carboxylic acid groups (broad SMARTS) is 1. The number of benzene rings is 2. The van der Waals surface area contributed by atoms with Gasteiger partial charge < -0.3 is 15.1 Å². The van der Waals surface area contributed by atoms with Gasteiger partial charge in [-0.25, -0.2) is 14.2 Å². The molecule has 0 saturated carbocycles. The van der Waals surface area contributed by atoms with Crippen LogP contribution in [0.15, 0.2) is 60.7 Å². The normalized spacial score (nSPS) is 16.2. The Morgan fingerprint density at radius 3 is 2.27 bits per heavy atom. The molecule has 0 amide bonds. The molecule has 0 spiro atoms. The molecule has 0 bridgehead atoms. The minimum atomic E-state index is -4.02. The molecule has 3 atom stereocenters. The fourth-order valence-corrected chi connectivity index (χ4v) is 4.76. The number of pyridine rings is 1. The molecule has 8 heteroatoms. The summed E-state index contributed by atoms with van der Waals surface area (Å²) in [6, 6.07) is 15.1. The molecule has 0 aliphatic rings. The Hall–Kier alpha value is -3.04. The van der Waals surface area contributed by atoms with E-state index >= 15 is 0 Å². The smallest absolute Gasteiger partial charge is 0.335 e. The van der Waals surface area contributed by atoms with Crippen molar-refractivity contribution in [3.05, 3.63) is 77.7 Å². The van der Waals surface area contributed by atoms with E-state index in [-0.39, 0.29) is 17.7 Å². The minimum absolute atomic E-state index is 0.0701. The van der Waals surface area contributed by atoms with Gasteiger partial charge in [-0.1, -0.05) is 56.9 Å². The highest BCUT2D eigenvalue weighted by Gasteiger charge is 2.62. The van der Waals surface area contributed by atoms with Gasteiger partial charge in [-0.3, -0.25) is 4.57 Å². The van der Waals surface area contributed by atoms with E-state index in [1.54, 1.807) is 39.0 Å². The molecule has 3 aromatic rings. The number of aliphatic hydroxyl groups is 1. The van der Waals surface area contributed by atoms with E-state index in [9.17, 15) is 28.9 Å². The molecule has 1 heterocycles. The summed E-state index contributed by atoms with van der Waals surface area (Å²) in [5.74, 6) is 2.70. The lowest BCUT2D eigenvalue weighted by Gasteiger charge is -2.42. The van der Waals surface area contributed by atoms with Crippen LogP contribution in [0.1, 0.15) is 38.4 Å². The Balaban J connectivity index is 2.33. The third-order valence-electron chi connectivity index (χ3n) is 5.31. The van der Waals surface area contributed by atoms with Crippen LogP contribution in [0.4, 0.5) is 4.39 Å². The van der Waals surface area contributed by atoms with Crippen molar-refractivity contribution in [3.8, 4) is 11.8 Å². The number of halogens is 1. The van der Waals surface area contributed by atoms with E-state index in [0.29, 0.717) is 5.52 Å².